The van der Waals surface area contributed by atoms with Gasteiger partial charge in [-0.3, -0.25) is 0 Å². The number of nitrogens with one attached hydrogen (secondary N) is 3. The normalized spacial score (nSPS) is 14.4. The lowest BCUT2D eigenvalue weighted by atomic mass is 10.3. The predicted molar refractivity (Wildman–Crippen MR) is 48.5 cm³/mol. The minimum atomic E-state index is -1.15. The van der Waals surface area contributed by atoms with Crippen LogP contribution in [-0.2, 0) is 0 Å². The summed E-state index contributed by atoms with van der Waals surface area (Å²) in [7, 11) is 1.62. The van der Waals surface area contributed by atoms with Gasteiger partial charge >= 0.3 is 0 Å². The summed E-state index contributed by atoms with van der Waals surface area (Å²) in [5, 5.41) is 17.6. The van der Waals surface area contributed by atoms with Gasteiger partial charge in [0, 0.05) is 13.6 Å². The van der Waals surface area contributed by atoms with Crippen molar-refractivity contribution in [3.8, 4) is 0 Å². The van der Waals surface area contributed by atoms with Crippen LogP contribution in [-0.4, -0.2) is 31.5 Å². The fraction of sp³-hybridized carbons (Fsp3) is 0.667. The van der Waals surface area contributed by atoms with Gasteiger partial charge in [0.2, 0.25) is 0 Å². The van der Waals surface area contributed by atoms with Crippen LogP contribution in [0, 0.1) is 5.53 Å². The molecule has 0 saturated heterocycles. The molecule has 0 rings (SSSR count). The van der Waals surface area contributed by atoms with E-state index in [2.05, 4.69) is 15.7 Å². The Kier molecular flexibility index (Phi) is 5.57. The van der Waals surface area contributed by atoms with E-state index >= 15 is 0 Å². The van der Waals surface area contributed by atoms with Gasteiger partial charge in [0.15, 0.2) is 0 Å². The highest BCUT2D eigenvalue weighted by molar-refractivity contribution is 5.10. The molecule has 0 fully saturated rings. The van der Waals surface area contributed by atoms with Crippen LogP contribution in [0.25, 0.3) is 0 Å². The molecule has 0 aromatic rings. The molecule has 0 aromatic heterocycles. The molecule has 8 N–H and O–H groups in total. The van der Waals surface area contributed by atoms with Gasteiger partial charge in [0.1, 0.15) is 12.0 Å². The Balaban J connectivity index is 4.18. The first-order valence-electron chi connectivity index (χ1n) is 3.81. The average Bonchev–Trinajstić information content (AvgIpc) is 2.11. The smallest absolute Gasteiger partial charge is 0.146 e. The molecule has 76 valence electrons. The van der Waals surface area contributed by atoms with Crippen LogP contribution in [0.15, 0.2) is 16.6 Å². The van der Waals surface area contributed by atoms with E-state index < -0.39 is 6.23 Å². The van der Waals surface area contributed by atoms with Gasteiger partial charge in [0.25, 0.3) is 0 Å². The third-order valence-corrected chi connectivity index (χ3v) is 1.39. The van der Waals surface area contributed by atoms with E-state index in [1.807, 2.05) is 0 Å². The second-order valence-electron chi connectivity index (χ2n) is 2.33. The summed E-state index contributed by atoms with van der Waals surface area (Å²) >= 11 is 0. The quantitative estimate of drug-likeness (QED) is 0.167. The molecular formula is C6H16N6O. The minimum absolute atomic E-state index is 0.278. The molecular weight excluding hydrogens is 172 g/mol. The van der Waals surface area contributed by atoms with Gasteiger partial charge in [-0.2, -0.15) is 5.11 Å². The molecule has 0 aliphatic heterocycles. The molecule has 1 unspecified atom stereocenters. The molecule has 7 heteroatoms. The standard InChI is InChI=1S/C6H16N6O/c1-10-5(7)4(6(8)13)11-2-3-12-9/h6,9-11,13H,2-3,7-8H2,1H3/b5-4+,12-9?. The fourth-order valence-corrected chi connectivity index (χ4v) is 0.740. The van der Waals surface area contributed by atoms with E-state index in [4.69, 9.17) is 22.1 Å². The van der Waals surface area contributed by atoms with E-state index in [0.29, 0.717) is 18.8 Å². The van der Waals surface area contributed by atoms with E-state index in [1.165, 1.54) is 0 Å². The maximum Gasteiger partial charge on any atom is 0.146 e. The highest BCUT2D eigenvalue weighted by Crippen LogP contribution is 1.93. The van der Waals surface area contributed by atoms with E-state index in [0.717, 1.165) is 0 Å². The zero-order valence-electron chi connectivity index (χ0n) is 7.54. The molecule has 0 aliphatic rings. The first-order chi connectivity index (χ1) is 6.13. The molecule has 0 radical (unpaired) electrons. The first-order valence-corrected chi connectivity index (χ1v) is 3.81. The molecule has 0 bridgehead atoms. The predicted octanol–water partition coefficient (Wildman–Crippen LogP) is -1.77. The molecule has 0 aliphatic carbocycles. The average molecular weight is 188 g/mol. The van der Waals surface area contributed by atoms with E-state index in [9.17, 15) is 0 Å². The Morgan fingerprint density at radius 1 is 1.69 bits per heavy atom. The number of aliphatic hydroxyl groups excluding tert-OH is 1. The molecule has 0 aromatic carbocycles. The number of aliphatic hydroxyl groups is 1. The maximum atomic E-state index is 9.07. The van der Waals surface area contributed by atoms with Crippen LogP contribution in [0.2, 0.25) is 0 Å². The Morgan fingerprint density at radius 3 is 2.69 bits per heavy atom. The summed E-state index contributed by atoms with van der Waals surface area (Å²) in [6, 6.07) is 0. The zero-order chi connectivity index (χ0) is 10.3. The van der Waals surface area contributed by atoms with Gasteiger partial charge in [0.05, 0.1) is 12.2 Å². The zero-order valence-corrected chi connectivity index (χ0v) is 7.54. The lowest BCUT2D eigenvalue weighted by Gasteiger charge is -2.15. The van der Waals surface area contributed by atoms with Crippen molar-refractivity contribution >= 4 is 0 Å². The fourth-order valence-electron chi connectivity index (χ4n) is 0.740. The summed E-state index contributed by atoms with van der Waals surface area (Å²) in [4.78, 5) is 0. The number of rotatable bonds is 6. The first kappa shape index (κ1) is 11.7. The molecule has 0 spiro atoms. The molecule has 0 saturated carbocycles. The van der Waals surface area contributed by atoms with Crippen molar-refractivity contribution in [2.75, 3.05) is 20.1 Å². The van der Waals surface area contributed by atoms with E-state index in [1.54, 1.807) is 7.05 Å². The van der Waals surface area contributed by atoms with Crippen LogP contribution in [0.5, 0.6) is 0 Å². The van der Waals surface area contributed by atoms with Crippen LogP contribution in [0.1, 0.15) is 0 Å². The van der Waals surface area contributed by atoms with Gasteiger partial charge in [-0.15, -0.1) is 0 Å². The van der Waals surface area contributed by atoms with Crippen molar-refractivity contribution in [3.63, 3.8) is 0 Å². The van der Waals surface area contributed by atoms with Crippen LogP contribution in [0.4, 0.5) is 0 Å². The lowest BCUT2D eigenvalue weighted by Crippen LogP contribution is -2.37. The summed E-state index contributed by atoms with van der Waals surface area (Å²) in [5.74, 6) is 0.278. The Hall–Kier alpha value is -1.34. The molecule has 0 heterocycles. The number of hydrogen-bond acceptors (Lipinski definition) is 7. The van der Waals surface area contributed by atoms with Crippen molar-refractivity contribution in [2.24, 2.45) is 16.6 Å². The summed E-state index contributed by atoms with van der Waals surface area (Å²) < 4.78 is 0. The van der Waals surface area contributed by atoms with Crippen molar-refractivity contribution in [1.29, 1.82) is 5.53 Å². The second kappa shape index (κ2) is 6.21. The van der Waals surface area contributed by atoms with Gasteiger partial charge in [-0.25, -0.2) is 5.53 Å². The second-order valence-corrected chi connectivity index (χ2v) is 2.33. The molecule has 13 heavy (non-hydrogen) atoms. The summed E-state index contributed by atoms with van der Waals surface area (Å²) in [6.07, 6.45) is -1.15. The Bertz CT molecular complexity index is 190. The third-order valence-electron chi connectivity index (χ3n) is 1.39. The van der Waals surface area contributed by atoms with Crippen molar-refractivity contribution in [3.05, 3.63) is 11.5 Å². The Labute approximate surface area is 76.7 Å². The topological polar surface area (TPSA) is 133 Å². The Morgan fingerprint density at radius 2 is 2.31 bits per heavy atom. The van der Waals surface area contributed by atoms with Crippen molar-refractivity contribution in [1.82, 2.24) is 10.6 Å². The van der Waals surface area contributed by atoms with Gasteiger partial charge < -0.3 is 27.2 Å². The van der Waals surface area contributed by atoms with Crippen molar-refractivity contribution < 1.29 is 5.11 Å². The van der Waals surface area contributed by atoms with E-state index in [-0.39, 0.29) is 5.82 Å². The number of nitrogens with two attached hydrogens (primary N) is 2. The maximum absolute atomic E-state index is 9.07. The monoisotopic (exact) mass is 188 g/mol. The van der Waals surface area contributed by atoms with Crippen LogP contribution < -0.4 is 22.1 Å². The summed E-state index contributed by atoms with van der Waals surface area (Å²) in [6.45, 7) is 0.725. The lowest BCUT2D eigenvalue weighted by molar-refractivity contribution is 0.208. The third kappa shape index (κ3) is 4.28. The highest BCUT2D eigenvalue weighted by Gasteiger charge is 2.08. The summed E-state index contributed by atoms with van der Waals surface area (Å²) in [5.41, 5.74) is 17.6. The van der Waals surface area contributed by atoms with Crippen molar-refractivity contribution in [2.45, 2.75) is 6.23 Å². The molecule has 0 amide bonds. The molecule has 7 nitrogen and oxygen atoms in total. The minimum Gasteiger partial charge on any atom is -0.384 e. The highest BCUT2D eigenvalue weighted by atomic mass is 16.3. The largest absolute Gasteiger partial charge is 0.384 e. The van der Waals surface area contributed by atoms with Gasteiger partial charge in [-0.05, 0) is 0 Å². The van der Waals surface area contributed by atoms with Crippen LogP contribution in [0.3, 0.4) is 0 Å². The molecule has 1 atom stereocenters. The van der Waals surface area contributed by atoms with Gasteiger partial charge in [-0.1, -0.05) is 0 Å². The van der Waals surface area contributed by atoms with Crippen LogP contribution >= 0.6 is 0 Å². The number of hydrogen-bond donors (Lipinski definition) is 6. The number of nitrogens with zero attached hydrogens (tertiary/aromatic N) is 1. The SMILES string of the molecule is CN/C(N)=C(/NCCN=N)C(N)O.